The topological polar surface area (TPSA) is 59.6 Å². The van der Waals surface area contributed by atoms with Crippen LogP contribution >= 0.6 is 0 Å². The summed E-state index contributed by atoms with van der Waals surface area (Å²) in [5.41, 5.74) is 3.19. The molecule has 140 valence electrons. The minimum Gasteiger partial charge on any atom is -0.496 e. The number of aryl methyl sites for hydroxylation is 1. The van der Waals surface area contributed by atoms with E-state index >= 15 is 0 Å². The molecule has 0 bridgehead atoms. The second-order valence-corrected chi connectivity index (χ2v) is 7.21. The molecule has 0 aliphatic heterocycles. The zero-order chi connectivity index (χ0) is 19.2. The lowest BCUT2D eigenvalue weighted by molar-refractivity contribution is 0.222. The highest BCUT2D eigenvalue weighted by atomic mass is 16.5. The van der Waals surface area contributed by atoms with Gasteiger partial charge in [-0.3, -0.25) is 0 Å². The van der Waals surface area contributed by atoms with Gasteiger partial charge in [-0.05, 0) is 30.0 Å². The van der Waals surface area contributed by atoms with Crippen molar-refractivity contribution < 1.29 is 14.3 Å². The lowest BCUT2D eigenvalue weighted by Crippen LogP contribution is -2.37. The number of hydrogen-bond donors (Lipinski definition) is 2. The van der Waals surface area contributed by atoms with Gasteiger partial charge in [0.15, 0.2) is 6.73 Å². The fraction of sp³-hybridized carbons (Fsp3) is 0.381. The number of para-hydroxylation sites is 1. The lowest BCUT2D eigenvalue weighted by Gasteiger charge is -2.23. The molecule has 2 N–H and O–H groups in total. The molecule has 5 nitrogen and oxygen atoms in total. The third kappa shape index (κ3) is 5.41. The number of carbonyl (C=O) groups excluding carboxylic acids is 1. The Morgan fingerprint density at radius 2 is 1.77 bits per heavy atom. The van der Waals surface area contributed by atoms with E-state index in [-0.39, 0.29) is 18.2 Å². The van der Waals surface area contributed by atoms with Gasteiger partial charge < -0.3 is 20.1 Å². The molecule has 5 heteroatoms. The van der Waals surface area contributed by atoms with Crippen molar-refractivity contribution >= 4 is 6.03 Å². The first-order chi connectivity index (χ1) is 12.3. The number of carbonyl (C=O) groups is 1. The Morgan fingerprint density at radius 1 is 1.04 bits per heavy atom. The van der Waals surface area contributed by atoms with Crippen LogP contribution in [0.25, 0.3) is 0 Å². The molecule has 0 unspecified atom stereocenters. The molecule has 0 saturated carbocycles. The molecule has 2 amide bonds. The summed E-state index contributed by atoms with van der Waals surface area (Å²) in [6.07, 6.45) is 0. The van der Waals surface area contributed by atoms with Gasteiger partial charge in [0.1, 0.15) is 11.5 Å². The summed E-state index contributed by atoms with van der Waals surface area (Å²) >= 11 is 0. The summed E-state index contributed by atoms with van der Waals surface area (Å²) in [5, 5.41) is 5.52. The maximum atomic E-state index is 12.0. The van der Waals surface area contributed by atoms with Crippen molar-refractivity contribution in [2.24, 2.45) is 0 Å². The number of ether oxygens (including phenoxy) is 2. The molecule has 0 aliphatic rings. The Hall–Kier alpha value is -2.69. The first-order valence-electron chi connectivity index (χ1n) is 8.69. The monoisotopic (exact) mass is 356 g/mol. The average molecular weight is 356 g/mol. The Labute approximate surface area is 155 Å². The van der Waals surface area contributed by atoms with Gasteiger partial charge >= 0.3 is 6.03 Å². The van der Waals surface area contributed by atoms with Crippen LogP contribution in [0.5, 0.6) is 11.5 Å². The first-order valence-corrected chi connectivity index (χ1v) is 8.69. The fourth-order valence-corrected chi connectivity index (χ4v) is 2.62. The van der Waals surface area contributed by atoms with E-state index in [1.165, 1.54) is 5.56 Å². The van der Waals surface area contributed by atoms with Gasteiger partial charge in [0.25, 0.3) is 0 Å². The molecule has 2 aromatic carbocycles. The van der Waals surface area contributed by atoms with E-state index in [1.54, 1.807) is 7.11 Å². The molecule has 2 rings (SSSR count). The normalized spacial score (nSPS) is 11.0. The highest BCUT2D eigenvalue weighted by molar-refractivity contribution is 5.73. The van der Waals surface area contributed by atoms with Gasteiger partial charge in [0.05, 0.1) is 7.11 Å². The average Bonchev–Trinajstić information content (AvgIpc) is 2.60. The Bertz CT molecular complexity index is 751. The Kier molecular flexibility index (Phi) is 6.50. The molecule has 0 radical (unpaired) electrons. The number of benzene rings is 2. The van der Waals surface area contributed by atoms with Gasteiger partial charge in [-0.15, -0.1) is 0 Å². The third-order valence-corrected chi connectivity index (χ3v) is 4.04. The minimum absolute atomic E-state index is 0.0343. The smallest absolute Gasteiger partial charge is 0.317 e. The maximum Gasteiger partial charge on any atom is 0.317 e. The SMILES string of the molecule is COc1ccccc1CNC(=O)NCOc1ccc(C)cc1C(C)(C)C. The summed E-state index contributed by atoms with van der Waals surface area (Å²) < 4.78 is 11.1. The van der Waals surface area contributed by atoms with Gasteiger partial charge in [0, 0.05) is 12.1 Å². The molecule has 0 saturated heterocycles. The van der Waals surface area contributed by atoms with Crippen molar-refractivity contribution in [1.29, 1.82) is 0 Å². The van der Waals surface area contributed by atoms with Crippen LogP contribution in [0.3, 0.4) is 0 Å². The number of urea groups is 1. The van der Waals surface area contributed by atoms with Crippen LogP contribution in [0.4, 0.5) is 4.79 Å². The second-order valence-electron chi connectivity index (χ2n) is 7.21. The van der Waals surface area contributed by atoms with E-state index in [0.29, 0.717) is 6.54 Å². The molecule has 0 aromatic heterocycles. The highest BCUT2D eigenvalue weighted by Crippen LogP contribution is 2.31. The zero-order valence-electron chi connectivity index (χ0n) is 16.2. The van der Waals surface area contributed by atoms with Crippen LogP contribution in [0.2, 0.25) is 0 Å². The molecule has 2 aromatic rings. The lowest BCUT2D eigenvalue weighted by atomic mass is 9.85. The van der Waals surface area contributed by atoms with Gasteiger partial charge in [-0.1, -0.05) is 56.7 Å². The van der Waals surface area contributed by atoms with Crippen molar-refractivity contribution in [3.8, 4) is 11.5 Å². The van der Waals surface area contributed by atoms with Crippen LogP contribution in [0.1, 0.15) is 37.5 Å². The molecular weight excluding hydrogens is 328 g/mol. The standard InChI is InChI=1S/C21H28N2O3/c1-15-10-11-19(17(12-15)21(2,3)4)26-14-23-20(24)22-13-16-8-6-7-9-18(16)25-5/h6-12H,13-14H2,1-5H3,(H2,22,23,24). The van der Waals surface area contributed by atoms with Crippen LogP contribution < -0.4 is 20.1 Å². The van der Waals surface area contributed by atoms with E-state index in [9.17, 15) is 4.79 Å². The molecule has 0 fully saturated rings. The second kappa shape index (κ2) is 8.61. The van der Waals surface area contributed by atoms with E-state index in [4.69, 9.17) is 9.47 Å². The summed E-state index contributed by atoms with van der Waals surface area (Å²) in [4.78, 5) is 12.0. The number of rotatable bonds is 6. The Morgan fingerprint density at radius 3 is 2.46 bits per heavy atom. The number of methoxy groups -OCH3 is 1. The van der Waals surface area contributed by atoms with Gasteiger partial charge in [-0.25, -0.2) is 4.79 Å². The number of hydrogen-bond acceptors (Lipinski definition) is 3. The molecule has 26 heavy (non-hydrogen) atoms. The summed E-state index contributed by atoms with van der Waals surface area (Å²) in [5.74, 6) is 1.53. The van der Waals surface area contributed by atoms with Crippen LogP contribution in [0.15, 0.2) is 42.5 Å². The summed E-state index contributed by atoms with van der Waals surface area (Å²) in [6, 6.07) is 13.4. The van der Waals surface area contributed by atoms with Crippen molar-refractivity contribution in [1.82, 2.24) is 10.6 Å². The maximum absolute atomic E-state index is 12.0. The number of nitrogens with one attached hydrogen (secondary N) is 2. The van der Waals surface area contributed by atoms with Crippen molar-refractivity contribution in [2.45, 2.75) is 39.7 Å². The molecule has 0 heterocycles. The van der Waals surface area contributed by atoms with Crippen LogP contribution in [-0.2, 0) is 12.0 Å². The third-order valence-electron chi connectivity index (χ3n) is 4.04. The van der Waals surface area contributed by atoms with E-state index in [1.807, 2.05) is 36.4 Å². The molecule has 0 atom stereocenters. The van der Waals surface area contributed by atoms with E-state index < -0.39 is 0 Å². The van der Waals surface area contributed by atoms with Gasteiger partial charge in [0.2, 0.25) is 0 Å². The molecule has 0 spiro atoms. The molecule has 0 aliphatic carbocycles. The van der Waals surface area contributed by atoms with Crippen LogP contribution in [0, 0.1) is 6.92 Å². The highest BCUT2D eigenvalue weighted by Gasteiger charge is 2.19. The molecular formula is C21H28N2O3. The van der Waals surface area contributed by atoms with Gasteiger partial charge in [-0.2, -0.15) is 0 Å². The van der Waals surface area contributed by atoms with Crippen LogP contribution in [-0.4, -0.2) is 19.9 Å². The largest absolute Gasteiger partial charge is 0.496 e. The minimum atomic E-state index is -0.291. The van der Waals surface area contributed by atoms with Crippen molar-refractivity contribution in [3.63, 3.8) is 0 Å². The van der Waals surface area contributed by atoms with E-state index in [2.05, 4.69) is 44.4 Å². The summed E-state index contributed by atoms with van der Waals surface area (Å²) in [6.45, 7) is 8.96. The summed E-state index contributed by atoms with van der Waals surface area (Å²) in [7, 11) is 1.61. The van der Waals surface area contributed by atoms with Crippen molar-refractivity contribution in [3.05, 3.63) is 59.2 Å². The fourth-order valence-electron chi connectivity index (χ4n) is 2.62. The number of amides is 2. The Balaban J connectivity index is 1.87. The quantitative estimate of drug-likeness (QED) is 0.765. The first kappa shape index (κ1) is 19.6. The predicted molar refractivity (Wildman–Crippen MR) is 104 cm³/mol. The van der Waals surface area contributed by atoms with E-state index in [0.717, 1.165) is 22.6 Å². The predicted octanol–water partition coefficient (Wildman–Crippen LogP) is 4.14. The van der Waals surface area contributed by atoms with Crippen molar-refractivity contribution in [2.75, 3.05) is 13.8 Å². The zero-order valence-corrected chi connectivity index (χ0v) is 16.2.